The Balaban J connectivity index is 1.61. The minimum absolute atomic E-state index is 0.221. The summed E-state index contributed by atoms with van der Waals surface area (Å²) in [5, 5.41) is 16.6. The number of aromatic nitrogens is 4. The van der Waals surface area contributed by atoms with Gasteiger partial charge >= 0.3 is 0 Å². The van der Waals surface area contributed by atoms with Crippen molar-refractivity contribution in [2.75, 3.05) is 17.2 Å². The number of nitrogens with zero attached hydrogens (tertiary/aromatic N) is 5. The maximum atomic E-state index is 9.82. The summed E-state index contributed by atoms with van der Waals surface area (Å²) in [5.41, 5.74) is 2.64. The molecular formula is C23H33N7O. The molecule has 0 aromatic carbocycles. The van der Waals surface area contributed by atoms with Gasteiger partial charge in [0.15, 0.2) is 5.82 Å². The molecule has 2 aromatic heterocycles. The van der Waals surface area contributed by atoms with Gasteiger partial charge in [0.1, 0.15) is 12.1 Å². The van der Waals surface area contributed by atoms with Crippen LogP contribution in [0.15, 0.2) is 23.6 Å². The van der Waals surface area contributed by atoms with Gasteiger partial charge in [-0.25, -0.2) is 19.9 Å². The van der Waals surface area contributed by atoms with E-state index in [-0.39, 0.29) is 6.10 Å². The predicted molar refractivity (Wildman–Crippen MR) is 124 cm³/mol. The Morgan fingerprint density at radius 2 is 1.90 bits per heavy atom. The Morgan fingerprint density at radius 1 is 1.10 bits per heavy atom. The first-order valence-electron chi connectivity index (χ1n) is 11.7. The lowest BCUT2D eigenvalue weighted by Gasteiger charge is -2.18. The zero-order chi connectivity index (χ0) is 21.5. The number of unbranched alkanes of at least 4 members (excludes halogenated alkanes) is 1. The maximum absolute atomic E-state index is 9.82. The number of nitrogens with one attached hydrogen (secondary N) is 2. The van der Waals surface area contributed by atoms with Gasteiger partial charge in [-0.3, -0.25) is 0 Å². The molecule has 2 fully saturated rings. The first-order valence-corrected chi connectivity index (χ1v) is 11.7. The number of aliphatic hydroxyl groups is 1. The van der Waals surface area contributed by atoms with E-state index in [0.717, 1.165) is 67.9 Å². The molecule has 0 amide bonds. The molecule has 8 nitrogen and oxygen atoms in total. The van der Waals surface area contributed by atoms with Crippen LogP contribution in [0.4, 0.5) is 17.6 Å². The predicted octanol–water partition coefficient (Wildman–Crippen LogP) is 4.51. The molecule has 4 rings (SSSR count). The molecule has 0 bridgehead atoms. The molecule has 166 valence electrons. The smallest absolute Gasteiger partial charge is 0.224 e. The normalized spacial score (nSPS) is 19.4. The minimum atomic E-state index is -0.221. The molecule has 0 radical (unpaired) electrons. The lowest BCUT2D eigenvalue weighted by molar-refractivity contribution is 0.152. The highest BCUT2D eigenvalue weighted by atomic mass is 16.3. The average molecular weight is 424 g/mol. The number of hydrogen-bond acceptors (Lipinski definition) is 8. The Labute approximate surface area is 184 Å². The topological polar surface area (TPSA) is 108 Å². The molecule has 0 unspecified atom stereocenters. The van der Waals surface area contributed by atoms with Gasteiger partial charge in [0.25, 0.3) is 0 Å². The molecule has 3 N–H and O–H groups in total. The fourth-order valence-corrected chi connectivity index (χ4v) is 4.16. The minimum Gasteiger partial charge on any atom is -0.393 e. The van der Waals surface area contributed by atoms with Crippen LogP contribution < -0.4 is 10.6 Å². The molecule has 0 atom stereocenters. The van der Waals surface area contributed by atoms with Gasteiger partial charge in [0, 0.05) is 30.6 Å². The number of rotatable bonds is 8. The van der Waals surface area contributed by atoms with Gasteiger partial charge in [-0.1, -0.05) is 26.2 Å². The van der Waals surface area contributed by atoms with Gasteiger partial charge in [-0.15, -0.1) is 0 Å². The summed E-state index contributed by atoms with van der Waals surface area (Å²) in [6.45, 7) is 2.99. The first kappa shape index (κ1) is 21.6. The fraction of sp³-hybridized carbons (Fsp3) is 0.609. The lowest BCUT2D eigenvalue weighted by Crippen LogP contribution is -2.17. The summed E-state index contributed by atoms with van der Waals surface area (Å²) in [4.78, 5) is 23.0. The standard InChI is InChI=1S/C23H33N7O/c1-2-3-12-24-23-25-14-19(22(30-23)29-17-8-10-18(31)11-9-17)20-13-21(27-15-26-20)28-16-6-4-5-7-16/h13-16,18,31H,2-12H2,1H3,(H,24,25,30)(H,26,27,28). The maximum Gasteiger partial charge on any atom is 0.224 e. The van der Waals surface area contributed by atoms with Crippen molar-refractivity contribution in [1.29, 1.82) is 0 Å². The van der Waals surface area contributed by atoms with E-state index in [1.54, 1.807) is 12.5 Å². The second kappa shape index (κ2) is 10.6. The Hall–Kier alpha value is -2.61. The molecule has 2 heterocycles. The molecule has 0 aliphatic heterocycles. The second-order valence-corrected chi connectivity index (χ2v) is 8.53. The van der Waals surface area contributed by atoms with E-state index < -0.39 is 0 Å². The first-order chi connectivity index (χ1) is 15.2. The van der Waals surface area contributed by atoms with Crippen molar-refractivity contribution in [3.63, 3.8) is 0 Å². The molecule has 2 aromatic rings. The van der Waals surface area contributed by atoms with Crippen molar-refractivity contribution in [2.45, 2.75) is 83.3 Å². The highest BCUT2D eigenvalue weighted by Crippen LogP contribution is 2.31. The fourth-order valence-electron chi connectivity index (χ4n) is 4.16. The molecular weight excluding hydrogens is 390 g/mol. The largest absolute Gasteiger partial charge is 0.393 e. The Bertz CT molecular complexity index is 885. The van der Waals surface area contributed by atoms with E-state index in [1.807, 2.05) is 6.07 Å². The summed E-state index contributed by atoms with van der Waals surface area (Å²) < 4.78 is 0. The van der Waals surface area contributed by atoms with Crippen molar-refractivity contribution in [2.24, 2.45) is 4.99 Å². The number of anilines is 2. The third kappa shape index (κ3) is 5.97. The molecule has 2 saturated carbocycles. The summed E-state index contributed by atoms with van der Waals surface area (Å²) >= 11 is 0. The molecule has 8 heteroatoms. The van der Waals surface area contributed by atoms with E-state index in [2.05, 4.69) is 32.5 Å². The van der Waals surface area contributed by atoms with E-state index in [1.165, 1.54) is 25.7 Å². The van der Waals surface area contributed by atoms with Gasteiger partial charge in [0.05, 0.1) is 17.4 Å². The number of aliphatic imine (C=N–C) groups is 1. The van der Waals surface area contributed by atoms with E-state index in [0.29, 0.717) is 17.8 Å². The number of hydrogen-bond donors (Lipinski definition) is 3. The molecule has 31 heavy (non-hydrogen) atoms. The molecule has 2 aliphatic rings. The van der Waals surface area contributed by atoms with Crippen molar-refractivity contribution < 1.29 is 5.11 Å². The van der Waals surface area contributed by atoms with Gasteiger partial charge in [-0.05, 0) is 44.9 Å². The Morgan fingerprint density at radius 3 is 2.68 bits per heavy atom. The van der Waals surface area contributed by atoms with Crippen LogP contribution in [0.5, 0.6) is 0 Å². The van der Waals surface area contributed by atoms with Gasteiger partial charge < -0.3 is 15.7 Å². The quantitative estimate of drug-likeness (QED) is 0.536. The summed E-state index contributed by atoms with van der Waals surface area (Å²) in [5.74, 6) is 2.05. The highest BCUT2D eigenvalue weighted by Gasteiger charge is 2.19. The second-order valence-electron chi connectivity index (χ2n) is 8.53. The van der Waals surface area contributed by atoms with Crippen molar-refractivity contribution in [3.8, 4) is 11.3 Å². The van der Waals surface area contributed by atoms with Crippen molar-refractivity contribution in [3.05, 3.63) is 18.6 Å². The van der Waals surface area contributed by atoms with Crippen LogP contribution in [0.2, 0.25) is 0 Å². The van der Waals surface area contributed by atoms with Crippen LogP contribution in [0.25, 0.3) is 11.3 Å². The van der Waals surface area contributed by atoms with Gasteiger partial charge in [0.2, 0.25) is 5.95 Å². The highest BCUT2D eigenvalue weighted by molar-refractivity contribution is 5.89. The van der Waals surface area contributed by atoms with Crippen LogP contribution in [-0.4, -0.2) is 49.4 Å². The van der Waals surface area contributed by atoms with E-state index in [9.17, 15) is 5.11 Å². The monoisotopic (exact) mass is 423 g/mol. The average Bonchev–Trinajstić information content (AvgIpc) is 3.29. The summed E-state index contributed by atoms with van der Waals surface area (Å²) in [6, 6.07) is 2.45. The molecule has 0 spiro atoms. The SMILES string of the molecule is CCCCNc1ncc(-c2cc(NC3CCCC3)ncn2)c(N=C2CCC(O)CC2)n1. The van der Waals surface area contributed by atoms with Crippen LogP contribution in [0.3, 0.4) is 0 Å². The van der Waals surface area contributed by atoms with Crippen LogP contribution in [-0.2, 0) is 0 Å². The Kier molecular flexibility index (Phi) is 7.40. The zero-order valence-electron chi connectivity index (χ0n) is 18.3. The molecule has 2 aliphatic carbocycles. The summed E-state index contributed by atoms with van der Waals surface area (Å²) in [6.07, 6.45) is 13.4. The van der Waals surface area contributed by atoms with E-state index in [4.69, 9.17) is 9.98 Å². The van der Waals surface area contributed by atoms with Crippen LogP contribution in [0.1, 0.15) is 71.1 Å². The third-order valence-corrected chi connectivity index (χ3v) is 6.03. The van der Waals surface area contributed by atoms with Crippen LogP contribution >= 0.6 is 0 Å². The van der Waals surface area contributed by atoms with Gasteiger partial charge in [-0.2, -0.15) is 4.98 Å². The van der Waals surface area contributed by atoms with Crippen molar-refractivity contribution in [1.82, 2.24) is 19.9 Å². The van der Waals surface area contributed by atoms with Crippen molar-refractivity contribution >= 4 is 23.3 Å². The lowest BCUT2D eigenvalue weighted by atomic mass is 9.96. The van der Waals surface area contributed by atoms with E-state index >= 15 is 0 Å². The number of aliphatic hydroxyl groups excluding tert-OH is 1. The molecule has 0 saturated heterocycles. The summed E-state index contributed by atoms with van der Waals surface area (Å²) in [7, 11) is 0. The zero-order valence-corrected chi connectivity index (χ0v) is 18.3. The van der Waals surface area contributed by atoms with Crippen LogP contribution in [0, 0.1) is 0 Å². The third-order valence-electron chi connectivity index (χ3n) is 6.03.